The van der Waals surface area contributed by atoms with E-state index < -0.39 is 0 Å². The van der Waals surface area contributed by atoms with Crippen LogP contribution in [0.15, 0.2) is 24.3 Å². The molecule has 0 aliphatic carbocycles. The summed E-state index contributed by atoms with van der Waals surface area (Å²) in [6.07, 6.45) is 0. The minimum absolute atomic E-state index is 0. The van der Waals surface area contributed by atoms with E-state index in [1.165, 1.54) is 0 Å². The first kappa shape index (κ1) is 7.49. The monoisotopic (exact) mass is 152 g/mol. The van der Waals surface area contributed by atoms with Gasteiger partial charge in [0.2, 0.25) is 0 Å². The van der Waals surface area contributed by atoms with Crippen molar-refractivity contribution in [3.8, 4) is 0 Å². The Morgan fingerprint density at radius 3 is 2.73 bits per heavy atom. The highest BCUT2D eigenvalue weighted by Crippen LogP contribution is 2.07. The number of rotatable bonds is 0. The molecule has 5 heteroatoms. The highest BCUT2D eigenvalue weighted by molar-refractivity contribution is 5.73. The molecule has 0 atom stereocenters. The Morgan fingerprint density at radius 1 is 1.27 bits per heavy atom. The number of nitrogens with zero attached hydrogens (tertiary/aromatic N) is 3. The highest BCUT2D eigenvalue weighted by Gasteiger charge is 1.93. The summed E-state index contributed by atoms with van der Waals surface area (Å²) in [6, 6.07) is 7.02. The Bertz CT molecular complexity index is 356. The van der Waals surface area contributed by atoms with Crippen LogP contribution in [0.2, 0.25) is 0 Å². The Morgan fingerprint density at radius 2 is 2.00 bits per heavy atom. The molecule has 2 rings (SSSR count). The largest absolute Gasteiger partial charge is 0.789 e. The summed E-state index contributed by atoms with van der Waals surface area (Å²) in [7, 11) is 0. The molecule has 0 spiro atoms. The normalized spacial score (nSPS) is 9.45. The summed E-state index contributed by atoms with van der Waals surface area (Å²) < 4.78 is 0. The lowest BCUT2D eigenvalue weighted by Crippen LogP contribution is -1.85. The SMILES string of the molecule is [NH4+].[O-]n1nnc2ccccc21. The minimum Gasteiger partial charge on any atom is -0.789 e. The molecule has 4 N–H and O–H groups in total. The smallest absolute Gasteiger partial charge is 0.112 e. The van der Waals surface area contributed by atoms with Crippen molar-refractivity contribution in [2.45, 2.75) is 0 Å². The molecule has 1 heterocycles. The third-order valence-electron chi connectivity index (χ3n) is 1.32. The van der Waals surface area contributed by atoms with Crippen molar-refractivity contribution < 1.29 is 0 Å². The first-order valence-corrected chi connectivity index (χ1v) is 2.86. The second kappa shape index (κ2) is 2.55. The predicted molar refractivity (Wildman–Crippen MR) is 42.3 cm³/mol. The number of benzene rings is 1. The zero-order chi connectivity index (χ0) is 6.97. The second-order valence-corrected chi connectivity index (χ2v) is 1.95. The molecule has 0 aliphatic rings. The molecule has 0 unspecified atom stereocenters. The van der Waals surface area contributed by atoms with E-state index in [9.17, 15) is 5.21 Å². The standard InChI is InChI=1S/C6H4N3O.H3N/c10-9-6-4-2-1-3-5(6)7-8-9;/h1-4H;1H3/q-1;/p+1. The van der Waals surface area contributed by atoms with Gasteiger partial charge in [0.25, 0.3) is 0 Å². The molecule has 5 nitrogen and oxygen atoms in total. The van der Waals surface area contributed by atoms with Gasteiger partial charge >= 0.3 is 0 Å². The van der Waals surface area contributed by atoms with Crippen molar-refractivity contribution in [3.05, 3.63) is 29.5 Å². The van der Waals surface area contributed by atoms with Crippen LogP contribution in [0.4, 0.5) is 0 Å². The van der Waals surface area contributed by atoms with Crippen LogP contribution in [0.5, 0.6) is 0 Å². The van der Waals surface area contributed by atoms with Crippen LogP contribution in [0.3, 0.4) is 0 Å². The second-order valence-electron chi connectivity index (χ2n) is 1.95. The molecule has 0 aliphatic heterocycles. The van der Waals surface area contributed by atoms with Gasteiger partial charge in [-0.1, -0.05) is 17.3 Å². The van der Waals surface area contributed by atoms with Crippen LogP contribution in [0, 0.1) is 5.21 Å². The van der Waals surface area contributed by atoms with Gasteiger partial charge in [-0.25, -0.2) is 0 Å². The summed E-state index contributed by atoms with van der Waals surface area (Å²) in [5.41, 5.74) is 1.15. The van der Waals surface area contributed by atoms with Gasteiger partial charge in [0, 0.05) is 0 Å². The summed E-state index contributed by atoms with van der Waals surface area (Å²) in [5.74, 6) is 0. The fraction of sp³-hybridized carbons (Fsp3) is 0. The molecule has 0 saturated carbocycles. The number of hydrogen-bond donors (Lipinski definition) is 1. The van der Waals surface area contributed by atoms with Crippen LogP contribution >= 0.6 is 0 Å². The average Bonchev–Trinajstić information content (AvgIpc) is 2.34. The lowest BCUT2D eigenvalue weighted by molar-refractivity contribution is 0.828. The Kier molecular flexibility index (Phi) is 1.74. The van der Waals surface area contributed by atoms with Gasteiger partial charge in [-0.15, -0.1) is 5.10 Å². The van der Waals surface area contributed by atoms with E-state index in [2.05, 4.69) is 10.3 Å². The van der Waals surface area contributed by atoms with Gasteiger partial charge in [-0.2, -0.15) is 0 Å². The molecule has 0 saturated heterocycles. The lowest BCUT2D eigenvalue weighted by atomic mass is 10.3. The summed E-state index contributed by atoms with van der Waals surface area (Å²) in [4.78, 5) is 0.509. The first-order chi connectivity index (χ1) is 4.88. The van der Waals surface area contributed by atoms with Gasteiger partial charge in [0.05, 0.1) is 5.52 Å². The zero-order valence-corrected chi connectivity index (χ0v) is 6.06. The van der Waals surface area contributed by atoms with E-state index in [4.69, 9.17) is 0 Å². The van der Waals surface area contributed by atoms with Crippen LogP contribution in [0.25, 0.3) is 11.0 Å². The van der Waals surface area contributed by atoms with Crippen molar-refractivity contribution in [2.75, 3.05) is 0 Å². The van der Waals surface area contributed by atoms with Crippen molar-refractivity contribution in [1.82, 2.24) is 21.3 Å². The van der Waals surface area contributed by atoms with E-state index >= 15 is 0 Å². The minimum atomic E-state index is 0. The van der Waals surface area contributed by atoms with E-state index in [1.807, 2.05) is 6.07 Å². The molecular weight excluding hydrogens is 144 g/mol. The quantitative estimate of drug-likeness (QED) is 0.613. The van der Waals surface area contributed by atoms with E-state index in [0.29, 0.717) is 15.9 Å². The van der Waals surface area contributed by atoms with E-state index in [-0.39, 0.29) is 6.15 Å². The van der Waals surface area contributed by atoms with E-state index in [0.717, 1.165) is 0 Å². The Balaban J connectivity index is 0.000000605. The van der Waals surface area contributed by atoms with Crippen LogP contribution in [0.1, 0.15) is 0 Å². The number of fused-ring (bicyclic) bond motifs is 1. The summed E-state index contributed by atoms with van der Waals surface area (Å²) >= 11 is 0. The van der Waals surface area contributed by atoms with E-state index in [1.54, 1.807) is 18.2 Å². The van der Waals surface area contributed by atoms with Gasteiger partial charge in [-0.05, 0) is 12.1 Å². The topological polar surface area (TPSA) is 90.3 Å². The molecular formula is C6H8N4O. The fourth-order valence-electron chi connectivity index (χ4n) is 0.847. The predicted octanol–water partition coefficient (Wildman–Crippen LogP) is 1.15. The van der Waals surface area contributed by atoms with Crippen LogP contribution < -0.4 is 6.15 Å². The van der Waals surface area contributed by atoms with Crippen molar-refractivity contribution in [2.24, 2.45) is 0 Å². The lowest BCUT2D eigenvalue weighted by Gasteiger charge is -2.00. The summed E-state index contributed by atoms with van der Waals surface area (Å²) in [5, 5.41) is 17.6. The molecule has 2 aromatic rings. The van der Waals surface area contributed by atoms with Gasteiger partial charge < -0.3 is 11.4 Å². The third kappa shape index (κ3) is 1.01. The number of aromatic nitrogens is 3. The van der Waals surface area contributed by atoms with Crippen molar-refractivity contribution in [1.29, 1.82) is 0 Å². The molecule has 58 valence electrons. The van der Waals surface area contributed by atoms with Crippen molar-refractivity contribution >= 4 is 11.0 Å². The highest BCUT2D eigenvalue weighted by atomic mass is 16.5. The molecule has 0 bridgehead atoms. The van der Waals surface area contributed by atoms with Gasteiger partial charge in [0.1, 0.15) is 5.52 Å². The Labute approximate surface area is 62.8 Å². The molecule has 1 aromatic carbocycles. The zero-order valence-electron chi connectivity index (χ0n) is 6.06. The molecule has 1 aromatic heterocycles. The van der Waals surface area contributed by atoms with Gasteiger partial charge in [-0.3, -0.25) is 4.85 Å². The summed E-state index contributed by atoms with van der Waals surface area (Å²) in [6.45, 7) is 0. The molecule has 0 radical (unpaired) electrons. The average molecular weight is 152 g/mol. The molecule has 0 fully saturated rings. The maximum atomic E-state index is 10.7. The number of quaternary nitrogens is 1. The van der Waals surface area contributed by atoms with Crippen LogP contribution in [-0.2, 0) is 0 Å². The van der Waals surface area contributed by atoms with Crippen LogP contribution in [-0.4, -0.2) is 15.2 Å². The number of hydrogen-bond acceptors (Lipinski definition) is 3. The first-order valence-electron chi connectivity index (χ1n) is 2.86. The maximum absolute atomic E-state index is 10.7. The molecule has 0 amide bonds. The maximum Gasteiger partial charge on any atom is 0.112 e. The van der Waals surface area contributed by atoms with Crippen molar-refractivity contribution in [3.63, 3.8) is 0 Å². The van der Waals surface area contributed by atoms with Gasteiger partial charge in [0.15, 0.2) is 0 Å². The molecule has 11 heavy (non-hydrogen) atoms. The Hall–Kier alpha value is -1.62. The third-order valence-corrected chi connectivity index (χ3v) is 1.32. The fourth-order valence-corrected chi connectivity index (χ4v) is 0.847. The number of para-hydroxylation sites is 1.